The third-order valence-corrected chi connectivity index (χ3v) is 3.41. The summed E-state index contributed by atoms with van der Waals surface area (Å²) in [6.07, 6.45) is -0.374. The van der Waals surface area contributed by atoms with Crippen molar-refractivity contribution in [2.24, 2.45) is 0 Å². The maximum Gasteiger partial charge on any atom is 0.407 e. The van der Waals surface area contributed by atoms with Gasteiger partial charge in [0.25, 0.3) is 0 Å². The summed E-state index contributed by atoms with van der Waals surface area (Å²) in [5.41, 5.74) is 1.20. The first kappa shape index (κ1) is 20.3. The Kier molecular flexibility index (Phi) is 7.23. The molecule has 6 nitrogen and oxygen atoms in total. The fourth-order valence-corrected chi connectivity index (χ4v) is 2.19. The van der Waals surface area contributed by atoms with Crippen LogP contribution < -0.4 is 15.4 Å². The smallest absolute Gasteiger partial charge is 0.407 e. The van der Waals surface area contributed by atoms with Crippen LogP contribution in [0.5, 0.6) is 5.75 Å². The van der Waals surface area contributed by atoms with Crippen molar-refractivity contribution in [2.45, 2.75) is 39.4 Å². The summed E-state index contributed by atoms with van der Waals surface area (Å²) in [6, 6.07) is 17.1. The van der Waals surface area contributed by atoms with E-state index in [2.05, 4.69) is 10.6 Å². The number of anilines is 1. The lowest BCUT2D eigenvalue weighted by molar-refractivity contribution is -0.116. The molecule has 144 valence electrons. The molecular weight excluding hydrogens is 344 g/mol. The zero-order valence-corrected chi connectivity index (χ0v) is 16.0. The van der Waals surface area contributed by atoms with Crippen LogP contribution in [0.1, 0.15) is 32.8 Å². The molecule has 0 aliphatic rings. The van der Waals surface area contributed by atoms with E-state index < -0.39 is 11.7 Å². The maximum absolute atomic E-state index is 11.9. The van der Waals surface area contributed by atoms with Crippen molar-refractivity contribution in [1.82, 2.24) is 5.32 Å². The lowest BCUT2D eigenvalue weighted by Crippen LogP contribution is -2.34. The van der Waals surface area contributed by atoms with Gasteiger partial charge in [-0.3, -0.25) is 4.79 Å². The fourth-order valence-electron chi connectivity index (χ4n) is 2.19. The topological polar surface area (TPSA) is 76.7 Å². The van der Waals surface area contributed by atoms with Gasteiger partial charge in [-0.15, -0.1) is 0 Å². The Bertz CT molecular complexity index is 737. The molecular formula is C21H26N2O4. The van der Waals surface area contributed by atoms with Crippen LogP contribution in [0, 0.1) is 0 Å². The minimum Gasteiger partial charge on any atom is -0.489 e. The molecule has 0 radical (unpaired) electrons. The molecule has 0 spiro atoms. The van der Waals surface area contributed by atoms with Gasteiger partial charge in [0.15, 0.2) is 0 Å². The molecule has 2 amide bonds. The van der Waals surface area contributed by atoms with E-state index in [0.717, 1.165) is 11.3 Å². The van der Waals surface area contributed by atoms with Crippen molar-refractivity contribution < 1.29 is 19.1 Å². The second kappa shape index (κ2) is 9.62. The van der Waals surface area contributed by atoms with Gasteiger partial charge >= 0.3 is 6.09 Å². The lowest BCUT2D eigenvalue weighted by Gasteiger charge is -2.19. The SMILES string of the molecule is CC(C)(C)OC(=O)NCCC(=O)Nc1ccc(OCc2ccccc2)cc1. The van der Waals surface area contributed by atoms with Crippen LogP contribution in [0.4, 0.5) is 10.5 Å². The highest BCUT2D eigenvalue weighted by molar-refractivity contribution is 5.91. The van der Waals surface area contributed by atoms with Gasteiger partial charge in [0.1, 0.15) is 18.0 Å². The Labute approximate surface area is 159 Å². The molecule has 0 aliphatic heterocycles. The first-order valence-corrected chi connectivity index (χ1v) is 8.85. The highest BCUT2D eigenvalue weighted by Gasteiger charge is 2.15. The molecule has 0 saturated heterocycles. The van der Waals surface area contributed by atoms with Crippen molar-refractivity contribution >= 4 is 17.7 Å². The van der Waals surface area contributed by atoms with Gasteiger partial charge in [-0.1, -0.05) is 30.3 Å². The van der Waals surface area contributed by atoms with Crippen molar-refractivity contribution in [3.8, 4) is 5.75 Å². The summed E-state index contributed by atoms with van der Waals surface area (Å²) in [5, 5.41) is 5.33. The number of benzene rings is 2. The van der Waals surface area contributed by atoms with Gasteiger partial charge < -0.3 is 20.1 Å². The van der Waals surface area contributed by atoms with Crippen molar-refractivity contribution in [3.05, 3.63) is 60.2 Å². The van der Waals surface area contributed by atoms with Gasteiger partial charge in [-0.05, 0) is 50.6 Å². The summed E-state index contributed by atoms with van der Waals surface area (Å²) >= 11 is 0. The number of amides is 2. The van der Waals surface area contributed by atoms with Crippen LogP contribution in [0.2, 0.25) is 0 Å². The monoisotopic (exact) mass is 370 g/mol. The summed E-state index contributed by atoms with van der Waals surface area (Å²) in [7, 11) is 0. The molecule has 0 unspecified atom stereocenters. The number of alkyl carbamates (subject to hydrolysis) is 1. The average molecular weight is 370 g/mol. The molecule has 0 bridgehead atoms. The Morgan fingerprint density at radius 1 is 0.963 bits per heavy atom. The summed E-state index contributed by atoms with van der Waals surface area (Å²) in [4.78, 5) is 23.5. The van der Waals surface area contributed by atoms with Crippen molar-refractivity contribution in [3.63, 3.8) is 0 Å². The molecule has 6 heteroatoms. The second-order valence-electron chi connectivity index (χ2n) is 7.03. The molecule has 0 atom stereocenters. The Morgan fingerprint density at radius 3 is 2.26 bits per heavy atom. The molecule has 0 fully saturated rings. The molecule has 0 heterocycles. The summed E-state index contributed by atoms with van der Waals surface area (Å²) < 4.78 is 10.8. The Balaban J connectivity index is 1.70. The third kappa shape index (κ3) is 8.27. The quantitative estimate of drug-likeness (QED) is 0.769. The lowest BCUT2D eigenvalue weighted by atomic mass is 10.2. The summed E-state index contributed by atoms with van der Waals surface area (Å²) in [6.45, 7) is 6.05. The van der Waals surface area contributed by atoms with Crippen molar-refractivity contribution in [2.75, 3.05) is 11.9 Å². The number of rotatable bonds is 7. The molecule has 2 N–H and O–H groups in total. The third-order valence-electron chi connectivity index (χ3n) is 3.41. The van der Waals surface area contributed by atoms with Crippen molar-refractivity contribution in [1.29, 1.82) is 0 Å². The number of ether oxygens (including phenoxy) is 2. The standard InChI is InChI=1S/C21H26N2O4/c1-21(2,3)27-20(25)22-14-13-19(24)23-17-9-11-18(12-10-17)26-15-16-7-5-4-6-8-16/h4-12H,13-15H2,1-3H3,(H,22,25)(H,23,24). The molecule has 27 heavy (non-hydrogen) atoms. The van der Waals surface area contributed by atoms with Crippen LogP contribution in [-0.4, -0.2) is 24.1 Å². The minimum absolute atomic E-state index is 0.158. The van der Waals surface area contributed by atoms with E-state index in [9.17, 15) is 9.59 Å². The van der Waals surface area contributed by atoms with Gasteiger partial charge in [0.05, 0.1) is 0 Å². The van der Waals surface area contributed by atoms with E-state index >= 15 is 0 Å². The fraction of sp³-hybridized carbons (Fsp3) is 0.333. The van der Waals surface area contributed by atoms with E-state index in [1.54, 1.807) is 45.0 Å². The zero-order valence-electron chi connectivity index (χ0n) is 16.0. The largest absolute Gasteiger partial charge is 0.489 e. The van der Waals surface area contributed by atoms with E-state index in [1.807, 2.05) is 30.3 Å². The molecule has 0 saturated carbocycles. The molecule has 0 aromatic heterocycles. The minimum atomic E-state index is -0.559. The predicted octanol–water partition coefficient (Wildman–Crippen LogP) is 4.12. The number of hydrogen-bond acceptors (Lipinski definition) is 4. The van der Waals surface area contributed by atoms with Gasteiger partial charge in [-0.2, -0.15) is 0 Å². The van der Waals surface area contributed by atoms with Crippen LogP contribution in [0.25, 0.3) is 0 Å². The molecule has 0 aliphatic carbocycles. The van der Waals surface area contributed by atoms with E-state index in [1.165, 1.54) is 0 Å². The van der Waals surface area contributed by atoms with Crippen LogP contribution >= 0.6 is 0 Å². The van der Waals surface area contributed by atoms with Crippen LogP contribution in [0.3, 0.4) is 0 Å². The average Bonchev–Trinajstić information content (AvgIpc) is 2.60. The number of carbonyl (C=O) groups excluding carboxylic acids is 2. The van der Waals surface area contributed by atoms with Gasteiger partial charge in [0.2, 0.25) is 5.91 Å². The number of hydrogen-bond donors (Lipinski definition) is 2. The van der Waals surface area contributed by atoms with E-state index in [-0.39, 0.29) is 18.9 Å². The van der Waals surface area contributed by atoms with Gasteiger partial charge in [-0.25, -0.2) is 4.79 Å². The molecule has 2 rings (SSSR count). The molecule has 2 aromatic carbocycles. The van der Waals surface area contributed by atoms with Crippen LogP contribution in [-0.2, 0) is 16.1 Å². The highest BCUT2D eigenvalue weighted by Crippen LogP contribution is 2.17. The molecule has 2 aromatic rings. The van der Waals surface area contributed by atoms with Crippen LogP contribution in [0.15, 0.2) is 54.6 Å². The predicted molar refractivity (Wildman–Crippen MR) is 105 cm³/mol. The summed E-state index contributed by atoms with van der Waals surface area (Å²) in [5.74, 6) is 0.535. The van der Waals surface area contributed by atoms with E-state index in [4.69, 9.17) is 9.47 Å². The number of nitrogens with one attached hydrogen (secondary N) is 2. The Morgan fingerprint density at radius 2 is 1.63 bits per heavy atom. The normalized spacial score (nSPS) is 10.8. The second-order valence-corrected chi connectivity index (χ2v) is 7.03. The zero-order chi connectivity index (χ0) is 19.7. The Hall–Kier alpha value is -3.02. The first-order valence-electron chi connectivity index (χ1n) is 8.85. The highest BCUT2D eigenvalue weighted by atomic mass is 16.6. The maximum atomic E-state index is 11.9. The van der Waals surface area contributed by atoms with E-state index in [0.29, 0.717) is 12.3 Å². The number of carbonyl (C=O) groups is 2. The first-order chi connectivity index (χ1) is 12.8. The van der Waals surface area contributed by atoms with Gasteiger partial charge in [0, 0.05) is 18.7 Å².